The van der Waals surface area contributed by atoms with E-state index in [9.17, 15) is 13.2 Å². The molecule has 1 unspecified atom stereocenters. The fourth-order valence-corrected chi connectivity index (χ4v) is 6.00. The van der Waals surface area contributed by atoms with Gasteiger partial charge in [0, 0.05) is 28.8 Å². The van der Waals surface area contributed by atoms with Crippen LogP contribution < -0.4 is 9.21 Å². The Morgan fingerprint density at radius 2 is 1.89 bits per heavy atom. The Morgan fingerprint density at radius 1 is 1.11 bits per heavy atom. The lowest BCUT2D eigenvalue weighted by molar-refractivity contribution is 0.0986. The van der Waals surface area contributed by atoms with Crippen LogP contribution in [0, 0.1) is 0 Å². The first-order valence-electron chi connectivity index (χ1n) is 9.53. The van der Waals surface area contributed by atoms with Gasteiger partial charge in [0.25, 0.3) is 5.91 Å². The molecule has 0 aromatic heterocycles. The zero-order valence-electron chi connectivity index (χ0n) is 16.1. The maximum Gasteiger partial charge on any atom is 0.258 e. The average Bonchev–Trinajstić information content (AvgIpc) is 2.84. The van der Waals surface area contributed by atoms with Gasteiger partial charge >= 0.3 is 0 Å². The molecule has 0 aliphatic carbocycles. The zero-order valence-corrected chi connectivity index (χ0v) is 17.7. The molecule has 2 aliphatic heterocycles. The molecule has 0 saturated heterocycles. The molecule has 0 saturated carbocycles. The number of carbonyl (C=O) groups excluding carboxylic acids is 1. The van der Waals surface area contributed by atoms with E-state index in [-0.39, 0.29) is 5.91 Å². The number of anilines is 2. The quantitative estimate of drug-likeness (QED) is 0.744. The molecule has 2 aromatic rings. The minimum atomic E-state index is -3.31. The van der Waals surface area contributed by atoms with E-state index < -0.39 is 10.0 Å². The summed E-state index contributed by atoms with van der Waals surface area (Å²) < 4.78 is 25.6. The van der Waals surface area contributed by atoms with Gasteiger partial charge in [-0.15, -0.1) is 11.8 Å². The van der Waals surface area contributed by atoms with Gasteiger partial charge in [-0.3, -0.25) is 9.10 Å². The standard InChI is InChI=1S/C21H24N2O3S2/c1-15-11-13-22(19-7-3-4-8-20(19)27-15)21(24)17-9-10-18-16(14-17)6-5-12-23(18)28(2,25)26/h3-4,7-10,14-15H,5-6,11-13H2,1-2H3. The lowest BCUT2D eigenvalue weighted by atomic mass is 10.00. The van der Waals surface area contributed by atoms with Crippen LogP contribution in [-0.4, -0.2) is 38.9 Å². The van der Waals surface area contributed by atoms with Gasteiger partial charge in [0.05, 0.1) is 17.6 Å². The molecule has 2 heterocycles. The highest BCUT2D eigenvalue weighted by Crippen LogP contribution is 2.38. The van der Waals surface area contributed by atoms with Crippen molar-refractivity contribution in [3.8, 4) is 0 Å². The second-order valence-corrected chi connectivity index (χ2v) is 10.8. The first-order valence-corrected chi connectivity index (χ1v) is 12.3. The van der Waals surface area contributed by atoms with Crippen molar-refractivity contribution in [1.82, 2.24) is 0 Å². The number of sulfonamides is 1. The summed E-state index contributed by atoms with van der Waals surface area (Å²) in [5, 5.41) is 0.450. The average molecular weight is 417 g/mol. The molecule has 7 heteroatoms. The van der Waals surface area contributed by atoms with Gasteiger partial charge in [-0.2, -0.15) is 0 Å². The maximum atomic E-state index is 13.4. The van der Waals surface area contributed by atoms with E-state index >= 15 is 0 Å². The van der Waals surface area contributed by atoms with Crippen LogP contribution >= 0.6 is 11.8 Å². The topological polar surface area (TPSA) is 57.7 Å². The van der Waals surface area contributed by atoms with Gasteiger partial charge in [0.15, 0.2) is 0 Å². The highest BCUT2D eigenvalue weighted by atomic mass is 32.2. The van der Waals surface area contributed by atoms with Gasteiger partial charge < -0.3 is 4.90 Å². The van der Waals surface area contributed by atoms with Crippen LogP contribution in [0.15, 0.2) is 47.4 Å². The summed E-state index contributed by atoms with van der Waals surface area (Å²) >= 11 is 1.81. The van der Waals surface area contributed by atoms with Crippen LogP contribution in [0.3, 0.4) is 0 Å². The summed E-state index contributed by atoms with van der Waals surface area (Å²) in [5.41, 5.74) is 3.19. The van der Waals surface area contributed by atoms with E-state index in [0.29, 0.717) is 29.6 Å². The van der Waals surface area contributed by atoms with Gasteiger partial charge in [-0.25, -0.2) is 8.42 Å². The molecule has 148 valence electrons. The van der Waals surface area contributed by atoms with Gasteiger partial charge in [-0.1, -0.05) is 19.1 Å². The Labute approximate surface area is 170 Å². The number of fused-ring (bicyclic) bond motifs is 2. The van der Waals surface area contributed by atoms with Crippen molar-refractivity contribution >= 4 is 39.1 Å². The van der Waals surface area contributed by atoms with Crippen molar-refractivity contribution in [3.05, 3.63) is 53.6 Å². The Morgan fingerprint density at radius 3 is 2.68 bits per heavy atom. The van der Waals surface area contributed by atoms with Crippen LogP contribution in [0.5, 0.6) is 0 Å². The van der Waals surface area contributed by atoms with Crippen molar-refractivity contribution in [2.75, 3.05) is 28.6 Å². The monoisotopic (exact) mass is 416 g/mol. The van der Waals surface area contributed by atoms with Crippen molar-refractivity contribution in [3.63, 3.8) is 0 Å². The molecule has 0 radical (unpaired) electrons. The van der Waals surface area contributed by atoms with Crippen molar-refractivity contribution < 1.29 is 13.2 Å². The first kappa shape index (κ1) is 19.3. The summed E-state index contributed by atoms with van der Waals surface area (Å²) in [7, 11) is -3.31. The fourth-order valence-electron chi connectivity index (χ4n) is 3.89. The summed E-state index contributed by atoms with van der Waals surface area (Å²) in [5.74, 6) is -0.0265. The van der Waals surface area contributed by atoms with Crippen LogP contribution in [0.4, 0.5) is 11.4 Å². The van der Waals surface area contributed by atoms with Crippen molar-refractivity contribution in [2.45, 2.75) is 36.3 Å². The highest BCUT2D eigenvalue weighted by Gasteiger charge is 2.28. The number of nitrogens with zero attached hydrogens (tertiary/aromatic N) is 2. The number of hydrogen-bond donors (Lipinski definition) is 0. The summed E-state index contributed by atoms with van der Waals surface area (Å²) in [4.78, 5) is 16.4. The van der Waals surface area contributed by atoms with Crippen LogP contribution in [0.25, 0.3) is 0 Å². The number of carbonyl (C=O) groups is 1. The second kappa shape index (κ2) is 7.44. The third-order valence-electron chi connectivity index (χ3n) is 5.29. The smallest absolute Gasteiger partial charge is 0.258 e. The lowest BCUT2D eigenvalue weighted by Gasteiger charge is -2.30. The van der Waals surface area contributed by atoms with Crippen LogP contribution in [0.2, 0.25) is 0 Å². The molecule has 2 aromatic carbocycles. The third kappa shape index (κ3) is 3.65. The van der Waals surface area contributed by atoms with E-state index in [1.54, 1.807) is 12.1 Å². The summed E-state index contributed by atoms with van der Waals surface area (Å²) in [6, 6.07) is 13.5. The van der Waals surface area contributed by atoms with Gasteiger partial charge in [0.2, 0.25) is 10.0 Å². The van der Waals surface area contributed by atoms with Gasteiger partial charge in [0.1, 0.15) is 0 Å². The zero-order chi connectivity index (χ0) is 19.9. The minimum Gasteiger partial charge on any atom is -0.307 e. The second-order valence-electron chi connectivity index (χ2n) is 7.42. The number of thioether (sulfide) groups is 1. The predicted molar refractivity (Wildman–Crippen MR) is 115 cm³/mol. The number of rotatable bonds is 2. The number of hydrogen-bond acceptors (Lipinski definition) is 4. The number of benzene rings is 2. The molecule has 28 heavy (non-hydrogen) atoms. The van der Waals surface area contributed by atoms with Crippen molar-refractivity contribution in [1.29, 1.82) is 0 Å². The molecule has 0 N–H and O–H groups in total. The number of aryl methyl sites for hydroxylation is 1. The Bertz CT molecular complexity index is 1020. The molecular weight excluding hydrogens is 392 g/mol. The molecular formula is C21H24N2O3S2. The maximum absolute atomic E-state index is 13.4. The molecule has 0 fully saturated rings. The normalized spacial score (nSPS) is 19.6. The van der Waals surface area contributed by atoms with E-state index in [1.165, 1.54) is 10.6 Å². The van der Waals surface area contributed by atoms with Crippen LogP contribution in [-0.2, 0) is 16.4 Å². The first-order chi connectivity index (χ1) is 13.3. The van der Waals surface area contributed by atoms with E-state index in [4.69, 9.17) is 0 Å². The molecule has 1 atom stereocenters. The van der Waals surface area contributed by atoms with E-state index in [1.807, 2.05) is 40.9 Å². The highest BCUT2D eigenvalue weighted by molar-refractivity contribution is 8.00. The molecule has 1 amide bonds. The Kier molecular flexibility index (Phi) is 5.14. The SMILES string of the molecule is CC1CCN(C(=O)c2ccc3c(c2)CCCN3S(C)(=O)=O)c2ccccc2S1. The molecule has 0 bridgehead atoms. The molecule has 0 spiro atoms. The fraction of sp³-hybridized carbons (Fsp3) is 0.381. The number of amides is 1. The summed E-state index contributed by atoms with van der Waals surface area (Å²) in [6.07, 6.45) is 3.70. The predicted octanol–water partition coefficient (Wildman–Crippen LogP) is 3.93. The Hall–Kier alpha value is -1.99. The molecule has 4 rings (SSSR count). The van der Waals surface area contributed by atoms with Crippen LogP contribution in [0.1, 0.15) is 35.7 Å². The third-order valence-corrected chi connectivity index (χ3v) is 7.71. The lowest BCUT2D eigenvalue weighted by Crippen LogP contribution is -2.35. The van der Waals surface area contributed by atoms with Gasteiger partial charge in [-0.05, 0) is 55.2 Å². The minimum absolute atomic E-state index is 0.0265. The molecule has 2 aliphatic rings. The van der Waals surface area contributed by atoms with Crippen molar-refractivity contribution in [2.24, 2.45) is 0 Å². The largest absolute Gasteiger partial charge is 0.307 e. The molecule has 5 nitrogen and oxygen atoms in total. The Balaban J connectivity index is 1.70. The van der Waals surface area contributed by atoms with E-state index in [2.05, 4.69) is 13.0 Å². The number of para-hydroxylation sites is 1. The summed E-state index contributed by atoms with van der Waals surface area (Å²) in [6.45, 7) is 3.36. The van der Waals surface area contributed by atoms with E-state index in [0.717, 1.165) is 35.4 Å².